The zero-order valence-electron chi connectivity index (χ0n) is 12.9. The molecule has 4 heterocycles. The number of amides is 1. The largest absolute Gasteiger partial charge is 0.472 e. The maximum absolute atomic E-state index is 12.5. The minimum Gasteiger partial charge on any atom is -0.472 e. The van der Waals surface area contributed by atoms with Crippen molar-refractivity contribution in [3.8, 4) is 11.3 Å². The average molecular weight is 321 g/mol. The van der Waals surface area contributed by atoms with Crippen LogP contribution in [0.5, 0.6) is 0 Å². The van der Waals surface area contributed by atoms with Crippen LogP contribution in [-0.2, 0) is 12.8 Å². The van der Waals surface area contributed by atoms with Crippen molar-refractivity contribution in [2.24, 2.45) is 0 Å². The molecular weight excluding hydrogens is 306 g/mol. The quantitative estimate of drug-likeness (QED) is 0.715. The number of nitrogens with zero attached hydrogens (tertiary/aromatic N) is 5. The summed E-state index contributed by atoms with van der Waals surface area (Å²) in [6.07, 6.45) is 10.9. The van der Waals surface area contributed by atoms with Crippen molar-refractivity contribution >= 4 is 5.91 Å². The predicted molar refractivity (Wildman–Crippen MR) is 85.1 cm³/mol. The van der Waals surface area contributed by atoms with E-state index in [0.717, 1.165) is 22.5 Å². The van der Waals surface area contributed by atoms with Crippen molar-refractivity contribution in [2.75, 3.05) is 13.1 Å². The van der Waals surface area contributed by atoms with E-state index in [1.165, 1.54) is 18.9 Å². The highest BCUT2D eigenvalue weighted by Crippen LogP contribution is 2.25. The van der Waals surface area contributed by atoms with Gasteiger partial charge in [0.2, 0.25) is 0 Å². The predicted octanol–water partition coefficient (Wildman–Crippen LogP) is 1.77. The molecule has 7 heteroatoms. The lowest BCUT2D eigenvalue weighted by atomic mass is 10.0. The van der Waals surface area contributed by atoms with Crippen molar-refractivity contribution in [3.63, 3.8) is 0 Å². The van der Waals surface area contributed by atoms with E-state index < -0.39 is 0 Å². The molecule has 0 saturated carbocycles. The van der Waals surface area contributed by atoms with Crippen LogP contribution in [0.15, 0.2) is 48.1 Å². The molecule has 0 fully saturated rings. The fraction of sp³-hybridized carbons (Fsp3) is 0.235. The van der Waals surface area contributed by atoms with Gasteiger partial charge in [-0.25, -0.2) is 19.9 Å². The summed E-state index contributed by atoms with van der Waals surface area (Å²) >= 11 is 0. The lowest BCUT2D eigenvalue weighted by Crippen LogP contribution is -2.33. The Labute approximate surface area is 138 Å². The Bertz CT molecular complexity index is 849. The van der Waals surface area contributed by atoms with Gasteiger partial charge in [0.05, 0.1) is 17.5 Å². The second kappa shape index (κ2) is 6.19. The Morgan fingerprint density at radius 3 is 2.71 bits per heavy atom. The first-order valence-electron chi connectivity index (χ1n) is 7.72. The standard InChI is InChI=1S/C17H15N5O2/c23-17(12-3-6-24-9-12)22-4-1-14-15(2-5-22)20-11-21-16(14)13-7-18-10-19-8-13/h3,6-11H,1-2,4-5H2. The van der Waals surface area contributed by atoms with E-state index in [4.69, 9.17) is 4.42 Å². The second-order valence-corrected chi connectivity index (χ2v) is 5.58. The molecule has 0 saturated heterocycles. The third kappa shape index (κ3) is 2.64. The van der Waals surface area contributed by atoms with Crippen molar-refractivity contribution in [1.82, 2.24) is 24.8 Å². The average Bonchev–Trinajstić information content (AvgIpc) is 3.08. The Balaban J connectivity index is 1.63. The van der Waals surface area contributed by atoms with Crippen LogP contribution in [0.2, 0.25) is 0 Å². The summed E-state index contributed by atoms with van der Waals surface area (Å²) in [5.41, 5.74) is 4.33. The van der Waals surface area contributed by atoms with Gasteiger partial charge in [-0.05, 0) is 12.5 Å². The molecule has 0 bridgehead atoms. The van der Waals surface area contributed by atoms with Gasteiger partial charge in [-0.3, -0.25) is 4.79 Å². The Morgan fingerprint density at radius 1 is 1.08 bits per heavy atom. The van der Waals surface area contributed by atoms with Crippen LogP contribution in [0.4, 0.5) is 0 Å². The lowest BCUT2D eigenvalue weighted by molar-refractivity contribution is 0.0762. The molecule has 24 heavy (non-hydrogen) atoms. The third-order valence-corrected chi connectivity index (χ3v) is 4.17. The molecule has 1 amide bonds. The van der Waals surface area contributed by atoms with E-state index in [1.807, 2.05) is 4.90 Å². The summed E-state index contributed by atoms with van der Waals surface area (Å²) in [6.45, 7) is 1.24. The monoisotopic (exact) mass is 321 g/mol. The van der Waals surface area contributed by atoms with Crippen LogP contribution in [-0.4, -0.2) is 43.8 Å². The highest BCUT2D eigenvalue weighted by molar-refractivity contribution is 5.93. The van der Waals surface area contributed by atoms with Crippen LogP contribution in [0, 0.1) is 0 Å². The molecule has 0 radical (unpaired) electrons. The molecule has 0 atom stereocenters. The normalized spacial score (nSPS) is 14.1. The molecule has 7 nitrogen and oxygen atoms in total. The van der Waals surface area contributed by atoms with Gasteiger partial charge >= 0.3 is 0 Å². The van der Waals surface area contributed by atoms with E-state index in [2.05, 4.69) is 19.9 Å². The van der Waals surface area contributed by atoms with Gasteiger partial charge in [-0.2, -0.15) is 0 Å². The van der Waals surface area contributed by atoms with Gasteiger partial charge in [0.25, 0.3) is 5.91 Å². The van der Waals surface area contributed by atoms with Crippen LogP contribution < -0.4 is 0 Å². The molecular formula is C17H15N5O2. The van der Waals surface area contributed by atoms with Crippen molar-refractivity contribution in [2.45, 2.75) is 12.8 Å². The van der Waals surface area contributed by atoms with Gasteiger partial charge in [0.1, 0.15) is 18.9 Å². The number of hydrogen-bond donors (Lipinski definition) is 0. The van der Waals surface area contributed by atoms with Gasteiger partial charge in [0, 0.05) is 48.7 Å². The zero-order chi connectivity index (χ0) is 16.4. The summed E-state index contributed by atoms with van der Waals surface area (Å²) in [5.74, 6) is -0.0193. The summed E-state index contributed by atoms with van der Waals surface area (Å²) in [7, 11) is 0. The molecule has 3 aromatic rings. The van der Waals surface area contributed by atoms with Crippen LogP contribution in [0.3, 0.4) is 0 Å². The first-order chi connectivity index (χ1) is 11.8. The maximum atomic E-state index is 12.5. The molecule has 1 aliphatic rings. The first kappa shape index (κ1) is 14.5. The van der Waals surface area contributed by atoms with E-state index in [0.29, 0.717) is 31.5 Å². The summed E-state index contributed by atoms with van der Waals surface area (Å²) < 4.78 is 5.01. The number of rotatable bonds is 2. The summed E-state index contributed by atoms with van der Waals surface area (Å²) in [5, 5.41) is 0. The topological polar surface area (TPSA) is 85.0 Å². The number of hydrogen-bond acceptors (Lipinski definition) is 6. The molecule has 0 N–H and O–H groups in total. The van der Waals surface area contributed by atoms with Crippen LogP contribution in [0.25, 0.3) is 11.3 Å². The molecule has 0 spiro atoms. The third-order valence-electron chi connectivity index (χ3n) is 4.17. The molecule has 0 aliphatic carbocycles. The van der Waals surface area contributed by atoms with Gasteiger partial charge in [0.15, 0.2) is 0 Å². The number of carbonyl (C=O) groups excluding carboxylic acids is 1. The fourth-order valence-electron chi connectivity index (χ4n) is 2.97. The fourth-order valence-corrected chi connectivity index (χ4v) is 2.97. The number of carbonyl (C=O) groups is 1. The Kier molecular flexibility index (Phi) is 3.74. The Morgan fingerprint density at radius 2 is 1.92 bits per heavy atom. The highest BCUT2D eigenvalue weighted by Gasteiger charge is 2.23. The van der Waals surface area contributed by atoms with Crippen molar-refractivity contribution < 1.29 is 9.21 Å². The van der Waals surface area contributed by atoms with Crippen LogP contribution >= 0.6 is 0 Å². The molecule has 0 unspecified atom stereocenters. The van der Waals surface area contributed by atoms with Gasteiger partial charge in [-0.15, -0.1) is 0 Å². The molecule has 0 aromatic carbocycles. The number of aromatic nitrogens is 4. The molecule has 1 aliphatic heterocycles. The van der Waals surface area contributed by atoms with E-state index in [1.54, 1.807) is 24.8 Å². The lowest BCUT2D eigenvalue weighted by Gasteiger charge is -2.19. The zero-order valence-corrected chi connectivity index (χ0v) is 12.9. The minimum atomic E-state index is -0.0193. The minimum absolute atomic E-state index is 0.0193. The maximum Gasteiger partial charge on any atom is 0.257 e. The van der Waals surface area contributed by atoms with Gasteiger partial charge in [-0.1, -0.05) is 0 Å². The number of furan rings is 1. The SMILES string of the molecule is O=C(c1ccoc1)N1CCc2ncnc(-c3cncnc3)c2CC1. The van der Waals surface area contributed by atoms with Crippen molar-refractivity contribution in [1.29, 1.82) is 0 Å². The summed E-state index contributed by atoms with van der Waals surface area (Å²) in [4.78, 5) is 31.3. The van der Waals surface area contributed by atoms with Crippen molar-refractivity contribution in [3.05, 3.63) is 60.5 Å². The second-order valence-electron chi connectivity index (χ2n) is 5.58. The first-order valence-corrected chi connectivity index (χ1v) is 7.72. The van der Waals surface area contributed by atoms with E-state index >= 15 is 0 Å². The molecule has 3 aromatic heterocycles. The van der Waals surface area contributed by atoms with E-state index in [-0.39, 0.29) is 5.91 Å². The van der Waals surface area contributed by atoms with Gasteiger partial charge < -0.3 is 9.32 Å². The Hall–Kier alpha value is -3.09. The molecule has 120 valence electrons. The van der Waals surface area contributed by atoms with E-state index in [9.17, 15) is 4.79 Å². The smallest absolute Gasteiger partial charge is 0.257 e. The number of fused-ring (bicyclic) bond motifs is 1. The summed E-state index contributed by atoms with van der Waals surface area (Å²) in [6, 6.07) is 1.69. The molecule has 4 rings (SSSR count). The highest BCUT2D eigenvalue weighted by atomic mass is 16.3. The van der Waals surface area contributed by atoms with Crippen LogP contribution in [0.1, 0.15) is 21.6 Å².